The molecule has 0 atom stereocenters. The SMILES string of the molecule is O=C(/C(=C\c1cc(Cl)cc(Cl)c1Cl)Sc1ccccc1Br)c1ccc(Cl)cc1. The average Bonchev–Trinajstić information content (AvgIpc) is 2.66. The van der Waals surface area contributed by atoms with Crippen LogP contribution in [0.5, 0.6) is 0 Å². The van der Waals surface area contributed by atoms with E-state index in [2.05, 4.69) is 15.9 Å². The van der Waals surface area contributed by atoms with Crippen LogP contribution >= 0.6 is 74.1 Å². The van der Waals surface area contributed by atoms with Gasteiger partial charge in [0.1, 0.15) is 0 Å². The van der Waals surface area contributed by atoms with Crippen molar-refractivity contribution in [3.8, 4) is 0 Å². The standard InChI is InChI=1S/C21H11BrCl4OS/c22-16-3-1-2-4-18(16)28-19(21(27)12-5-7-14(23)8-6-12)10-13-9-15(24)11-17(25)20(13)26/h1-11H/b19-10+. The van der Waals surface area contributed by atoms with Crippen molar-refractivity contribution in [2.45, 2.75) is 4.90 Å². The Morgan fingerprint density at radius 3 is 2.25 bits per heavy atom. The molecule has 142 valence electrons. The lowest BCUT2D eigenvalue weighted by Crippen LogP contribution is -2.01. The minimum absolute atomic E-state index is 0.162. The van der Waals surface area contributed by atoms with Crippen molar-refractivity contribution in [2.24, 2.45) is 0 Å². The van der Waals surface area contributed by atoms with Crippen molar-refractivity contribution in [1.82, 2.24) is 0 Å². The maximum absolute atomic E-state index is 13.2. The maximum Gasteiger partial charge on any atom is 0.199 e. The highest BCUT2D eigenvalue weighted by Crippen LogP contribution is 2.38. The van der Waals surface area contributed by atoms with Gasteiger partial charge in [0.15, 0.2) is 5.78 Å². The molecule has 0 spiro atoms. The lowest BCUT2D eigenvalue weighted by molar-refractivity contribution is 0.104. The molecule has 3 aromatic carbocycles. The molecule has 0 radical (unpaired) electrons. The van der Waals surface area contributed by atoms with Crippen LogP contribution in [0.4, 0.5) is 0 Å². The predicted octanol–water partition coefficient (Wildman–Crippen LogP) is 9.08. The molecule has 3 aromatic rings. The highest BCUT2D eigenvalue weighted by molar-refractivity contribution is 9.10. The first-order valence-corrected chi connectivity index (χ1v) is 11.1. The van der Waals surface area contributed by atoms with E-state index in [0.717, 1.165) is 9.37 Å². The lowest BCUT2D eigenvalue weighted by Gasteiger charge is -2.10. The van der Waals surface area contributed by atoms with E-state index in [1.165, 1.54) is 11.8 Å². The zero-order valence-electron chi connectivity index (χ0n) is 14.1. The van der Waals surface area contributed by atoms with Crippen LogP contribution in [0.15, 0.2) is 74.9 Å². The summed E-state index contributed by atoms with van der Waals surface area (Å²) >= 11 is 29.4. The second kappa shape index (κ2) is 9.71. The Balaban J connectivity index is 2.10. The van der Waals surface area contributed by atoms with E-state index in [0.29, 0.717) is 36.1 Å². The van der Waals surface area contributed by atoms with Gasteiger partial charge in [-0.1, -0.05) is 70.3 Å². The zero-order chi connectivity index (χ0) is 20.3. The van der Waals surface area contributed by atoms with E-state index in [1.807, 2.05) is 24.3 Å². The molecule has 0 aliphatic rings. The first-order chi connectivity index (χ1) is 13.3. The minimum atomic E-state index is -0.162. The molecule has 28 heavy (non-hydrogen) atoms. The Bertz CT molecular complexity index is 1060. The number of carbonyl (C=O) groups excluding carboxylic acids is 1. The Morgan fingerprint density at radius 2 is 1.57 bits per heavy atom. The molecule has 0 bridgehead atoms. The van der Waals surface area contributed by atoms with E-state index >= 15 is 0 Å². The van der Waals surface area contributed by atoms with E-state index < -0.39 is 0 Å². The molecule has 1 nitrogen and oxygen atoms in total. The van der Waals surface area contributed by atoms with Crippen LogP contribution in [0.3, 0.4) is 0 Å². The minimum Gasteiger partial charge on any atom is -0.288 e. The van der Waals surface area contributed by atoms with Gasteiger partial charge in [-0.05, 0) is 76.1 Å². The van der Waals surface area contributed by atoms with Crippen LogP contribution in [0, 0.1) is 0 Å². The number of rotatable bonds is 5. The quantitative estimate of drug-likeness (QED) is 0.141. The molecule has 0 aromatic heterocycles. The number of carbonyl (C=O) groups is 1. The predicted molar refractivity (Wildman–Crippen MR) is 125 cm³/mol. The number of hydrogen-bond acceptors (Lipinski definition) is 2. The molecule has 7 heteroatoms. The monoisotopic (exact) mass is 530 g/mol. The second-order valence-electron chi connectivity index (χ2n) is 5.67. The fraction of sp³-hybridized carbons (Fsp3) is 0. The summed E-state index contributed by atoms with van der Waals surface area (Å²) < 4.78 is 0.880. The summed E-state index contributed by atoms with van der Waals surface area (Å²) in [5.41, 5.74) is 1.08. The molecule has 0 unspecified atom stereocenters. The third kappa shape index (κ3) is 5.35. The van der Waals surface area contributed by atoms with E-state index in [1.54, 1.807) is 42.5 Å². The van der Waals surface area contributed by atoms with Gasteiger partial charge in [-0.2, -0.15) is 0 Å². The number of thioether (sulfide) groups is 1. The van der Waals surface area contributed by atoms with Crippen molar-refractivity contribution >= 4 is 86.0 Å². The van der Waals surface area contributed by atoms with Crippen molar-refractivity contribution in [3.05, 3.63) is 101 Å². The van der Waals surface area contributed by atoms with Crippen molar-refractivity contribution in [3.63, 3.8) is 0 Å². The van der Waals surface area contributed by atoms with Gasteiger partial charge in [-0.25, -0.2) is 0 Å². The van der Waals surface area contributed by atoms with E-state index in [9.17, 15) is 4.79 Å². The highest BCUT2D eigenvalue weighted by atomic mass is 79.9. The smallest absolute Gasteiger partial charge is 0.199 e. The van der Waals surface area contributed by atoms with Crippen LogP contribution in [0.2, 0.25) is 20.1 Å². The topological polar surface area (TPSA) is 17.1 Å². The van der Waals surface area contributed by atoms with Gasteiger partial charge >= 0.3 is 0 Å². The molecule has 0 amide bonds. The van der Waals surface area contributed by atoms with Crippen LogP contribution < -0.4 is 0 Å². The largest absolute Gasteiger partial charge is 0.288 e. The summed E-state index contributed by atoms with van der Waals surface area (Å²) in [5.74, 6) is -0.162. The summed E-state index contributed by atoms with van der Waals surface area (Å²) in [7, 11) is 0. The molecule has 0 N–H and O–H groups in total. The zero-order valence-corrected chi connectivity index (χ0v) is 19.5. The van der Waals surface area contributed by atoms with Gasteiger partial charge in [-0.3, -0.25) is 4.79 Å². The number of hydrogen-bond donors (Lipinski definition) is 0. The van der Waals surface area contributed by atoms with Gasteiger partial charge in [0.05, 0.1) is 15.0 Å². The highest BCUT2D eigenvalue weighted by Gasteiger charge is 2.17. The number of halogens is 5. The molecule has 3 rings (SSSR count). The number of ketones is 1. The van der Waals surface area contributed by atoms with E-state index in [4.69, 9.17) is 46.4 Å². The van der Waals surface area contributed by atoms with Gasteiger partial charge in [0.25, 0.3) is 0 Å². The third-order valence-corrected chi connectivity index (χ3v) is 7.03. The molecule has 0 fully saturated rings. The van der Waals surface area contributed by atoms with Crippen LogP contribution in [0.25, 0.3) is 6.08 Å². The van der Waals surface area contributed by atoms with Crippen LogP contribution in [0.1, 0.15) is 15.9 Å². The van der Waals surface area contributed by atoms with Crippen molar-refractivity contribution < 1.29 is 4.79 Å². The van der Waals surface area contributed by atoms with Crippen LogP contribution in [-0.2, 0) is 0 Å². The number of benzene rings is 3. The summed E-state index contributed by atoms with van der Waals surface area (Å²) in [6.07, 6.45) is 1.70. The number of allylic oxidation sites excluding steroid dienone is 1. The first kappa shape index (κ1) is 21.8. The Labute approximate surface area is 195 Å². The Kier molecular flexibility index (Phi) is 7.54. The second-order valence-corrected chi connectivity index (χ2v) is 9.26. The maximum atomic E-state index is 13.2. The van der Waals surface area contributed by atoms with Gasteiger partial charge in [0, 0.05) is 25.0 Å². The summed E-state index contributed by atoms with van der Waals surface area (Å²) in [4.78, 5) is 14.6. The third-order valence-electron chi connectivity index (χ3n) is 3.69. The van der Waals surface area contributed by atoms with E-state index in [-0.39, 0.29) is 5.78 Å². The van der Waals surface area contributed by atoms with Crippen molar-refractivity contribution in [2.75, 3.05) is 0 Å². The lowest BCUT2D eigenvalue weighted by atomic mass is 10.1. The van der Waals surface area contributed by atoms with Gasteiger partial charge < -0.3 is 0 Å². The summed E-state index contributed by atoms with van der Waals surface area (Å²) in [6.45, 7) is 0. The average molecular weight is 533 g/mol. The summed E-state index contributed by atoms with van der Waals surface area (Å²) in [5, 5.41) is 1.65. The molecule has 0 saturated carbocycles. The van der Waals surface area contributed by atoms with Crippen LogP contribution in [-0.4, -0.2) is 5.78 Å². The molecule has 0 aliphatic heterocycles. The molecule has 0 aliphatic carbocycles. The Hall–Kier alpha value is -0.940. The first-order valence-electron chi connectivity index (χ1n) is 7.94. The fourth-order valence-electron chi connectivity index (χ4n) is 2.35. The molecule has 0 saturated heterocycles. The Morgan fingerprint density at radius 1 is 0.893 bits per heavy atom. The van der Waals surface area contributed by atoms with Gasteiger partial charge in [-0.15, -0.1) is 0 Å². The van der Waals surface area contributed by atoms with Gasteiger partial charge in [0.2, 0.25) is 0 Å². The fourth-order valence-corrected chi connectivity index (χ4v) is 4.62. The summed E-state index contributed by atoms with van der Waals surface area (Å²) in [6, 6.07) is 17.6. The normalized spacial score (nSPS) is 11.5. The molecule has 0 heterocycles. The van der Waals surface area contributed by atoms with Crippen molar-refractivity contribution in [1.29, 1.82) is 0 Å². The molecular weight excluding hydrogens is 522 g/mol. The number of Topliss-reactive ketones (excluding diaryl/α,β-unsaturated/α-hetero) is 1. The molecular formula is C21H11BrCl4OS.